The van der Waals surface area contributed by atoms with Crippen LogP contribution in [0.2, 0.25) is 0 Å². The smallest absolute Gasteiger partial charge is 0.269 e. The van der Waals surface area contributed by atoms with Crippen molar-refractivity contribution < 1.29 is 14.8 Å². The molecule has 0 heterocycles. The van der Waals surface area contributed by atoms with Gasteiger partial charge in [0.2, 0.25) is 5.91 Å². The molecule has 24 heavy (non-hydrogen) atoms. The van der Waals surface area contributed by atoms with E-state index in [0.29, 0.717) is 5.56 Å². The summed E-state index contributed by atoms with van der Waals surface area (Å²) in [5, 5.41) is 23.6. The second kappa shape index (κ2) is 6.73. The lowest BCUT2D eigenvalue weighted by atomic mass is 10.1. The van der Waals surface area contributed by atoms with Gasteiger partial charge in [0.05, 0.1) is 16.9 Å². The van der Waals surface area contributed by atoms with Crippen LogP contribution in [0.4, 0.5) is 5.69 Å². The van der Waals surface area contributed by atoms with E-state index in [2.05, 4.69) is 25.2 Å². The summed E-state index contributed by atoms with van der Waals surface area (Å²) in [6, 6.07) is 5.69. The number of nitrogens with zero attached hydrogens (tertiary/aromatic N) is 1. The van der Waals surface area contributed by atoms with E-state index in [4.69, 9.17) is 0 Å². The van der Waals surface area contributed by atoms with E-state index in [9.17, 15) is 20.0 Å². The number of rotatable bonds is 6. The zero-order valence-corrected chi connectivity index (χ0v) is 14.4. The maximum absolute atomic E-state index is 12.4. The van der Waals surface area contributed by atoms with Crippen molar-refractivity contribution >= 4 is 11.6 Å². The quantitative estimate of drug-likeness (QED) is 0.476. The normalized spacial score (nSPS) is 22.4. The largest absolute Gasteiger partial charge is 0.387 e. The Kier molecular flexibility index (Phi) is 5.08. The molecule has 3 atom stereocenters. The molecule has 0 aliphatic heterocycles. The third-order valence-electron chi connectivity index (χ3n) is 4.66. The molecule has 0 aromatic heterocycles. The van der Waals surface area contributed by atoms with Gasteiger partial charge in [-0.15, -0.1) is 0 Å². The van der Waals surface area contributed by atoms with E-state index in [1.807, 2.05) is 13.8 Å². The lowest BCUT2D eigenvalue weighted by Crippen LogP contribution is -2.31. The molecule has 1 aromatic carbocycles. The Morgan fingerprint density at radius 1 is 1.38 bits per heavy atom. The zero-order chi connectivity index (χ0) is 18.1. The number of amides is 1. The van der Waals surface area contributed by atoms with Crippen LogP contribution in [0.5, 0.6) is 0 Å². The third-order valence-corrected chi connectivity index (χ3v) is 4.66. The Hall–Kier alpha value is -2.21. The van der Waals surface area contributed by atoms with Crippen LogP contribution in [-0.2, 0) is 4.79 Å². The molecule has 0 bridgehead atoms. The lowest BCUT2D eigenvalue weighted by molar-refractivity contribution is -0.384. The number of hydrogen-bond acceptors (Lipinski definition) is 4. The highest BCUT2D eigenvalue weighted by Crippen LogP contribution is 2.59. The number of nitrogens with one attached hydrogen (secondary N) is 1. The average molecular weight is 332 g/mol. The van der Waals surface area contributed by atoms with Crippen molar-refractivity contribution in [3.05, 3.63) is 51.6 Å². The topological polar surface area (TPSA) is 92.5 Å². The molecule has 1 aliphatic carbocycles. The summed E-state index contributed by atoms with van der Waals surface area (Å²) in [5.41, 5.74) is 1.63. The number of carbonyl (C=O) groups excluding carboxylic acids is 1. The van der Waals surface area contributed by atoms with Gasteiger partial charge in [-0.1, -0.05) is 25.5 Å². The predicted molar refractivity (Wildman–Crippen MR) is 91.3 cm³/mol. The van der Waals surface area contributed by atoms with Gasteiger partial charge in [0.15, 0.2) is 0 Å². The van der Waals surface area contributed by atoms with Crippen molar-refractivity contribution in [2.75, 3.05) is 6.54 Å². The Labute approximate surface area is 141 Å². The fraction of sp³-hybridized carbons (Fsp3) is 0.500. The molecule has 1 saturated carbocycles. The van der Waals surface area contributed by atoms with Gasteiger partial charge in [-0.2, -0.15) is 0 Å². The third kappa shape index (κ3) is 3.82. The molecule has 1 amide bonds. The molecule has 6 nitrogen and oxygen atoms in total. The molecule has 1 aromatic rings. The standard InChI is InChI=1S/C18H24N2O4/c1-11(2)9-14-16(18(14,3)4)17(22)19-10-15(21)12-5-7-13(8-6-12)20(23)24/h5-9,14-16,21H,10H2,1-4H3,(H,19,22)/t14-,15-,16-/m1/s1. The highest BCUT2D eigenvalue weighted by molar-refractivity contribution is 5.83. The molecule has 130 valence electrons. The number of non-ortho nitro benzene ring substituents is 1. The number of aliphatic hydroxyl groups excluding tert-OH is 1. The minimum absolute atomic E-state index is 0.0284. The minimum Gasteiger partial charge on any atom is -0.387 e. The molecule has 0 spiro atoms. The van der Waals surface area contributed by atoms with E-state index in [1.54, 1.807) is 0 Å². The number of allylic oxidation sites excluding steroid dienone is 2. The second-order valence-corrected chi connectivity index (χ2v) is 7.18. The molecule has 0 radical (unpaired) electrons. The van der Waals surface area contributed by atoms with Gasteiger partial charge in [0, 0.05) is 18.7 Å². The number of nitro benzene ring substituents is 1. The van der Waals surface area contributed by atoms with E-state index in [-0.39, 0.29) is 35.4 Å². The number of benzene rings is 1. The minimum atomic E-state index is -0.890. The first kappa shape index (κ1) is 18.1. The summed E-state index contributed by atoms with van der Waals surface area (Å²) in [6.07, 6.45) is 1.23. The van der Waals surface area contributed by atoms with Gasteiger partial charge in [-0.25, -0.2) is 0 Å². The van der Waals surface area contributed by atoms with Crippen LogP contribution in [0.25, 0.3) is 0 Å². The Bertz CT molecular complexity index is 660. The summed E-state index contributed by atoms with van der Waals surface area (Å²) < 4.78 is 0. The van der Waals surface area contributed by atoms with Crippen LogP contribution in [0.3, 0.4) is 0 Å². The lowest BCUT2D eigenvalue weighted by Gasteiger charge is -2.12. The van der Waals surface area contributed by atoms with Crippen LogP contribution in [-0.4, -0.2) is 22.5 Å². The maximum Gasteiger partial charge on any atom is 0.269 e. The summed E-state index contributed by atoms with van der Waals surface area (Å²) in [4.78, 5) is 22.5. The molecule has 1 fully saturated rings. The molecule has 1 aliphatic rings. The maximum atomic E-state index is 12.4. The van der Waals surface area contributed by atoms with Crippen molar-refractivity contribution in [1.82, 2.24) is 5.32 Å². The molecular weight excluding hydrogens is 308 g/mol. The summed E-state index contributed by atoms with van der Waals surface area (Å²) in [7, 11) is 0. The highest BCUT2D eigenvalue weighted by Gasteiger charge is 2.60. The van der Waals surface area contributed by atoms with Gasteiger partial charge in [0.1, 0.15) is 0 Å². The summed E-state index contributed by atoms with van der Waals surface area (Å²) >= 11 is 0. The zero-order valence-electron chi connectivity index (χ0n) is 14.4. The Morgan fingerprint density at radius 3 is 2.46 bits per heavy atom. The van der Waals surface area contributed by atoms with Crippen LogP contribution in [0.1, 0.15) is 39.4 Å². The van der Waals surface area contributed by atoms with Gasteiger partial charge in [-0.05, 0) is 42.9 Å². The second-order valence-electron chi connectivity index (χ2n) is 7.18. The number of aliphatic hydroxyl groups is 1. The van der Waals surface area contributed by atoms with Gasteiger partial charge in [0.25, 0.3) is 5.69 Å². The van der Waals surface area contributed by atoms with Crippen molar-refractivity contribution in [3.8, 4) is 0 Å². The van der Waals surface area contributed by atoms with Crippen molar-refractivity contribution in [3.63, 3.8) is 0 Å². The molecule has 2 N–H and O–H groups in total. The van der Waals surface area contributed by atoms with E-state index >= 15 is 0 Å². The fourth-order valence-corrected chi connectivity index (χ4v) is 3.09. The molecule has 6 heteroatoms. The average Bonchev–Trinajstić information content (AvgIpc) is 3.04. The number of carbonyl (C=O) groups is 1. The molecule has 0 saturated heterocycles. The molecule has 2 rings (SSSR count). The summed E-state index contributed by atoms with van der Waals surface area (Å²) in [5.74, 6) is 0.0685. The first-order chi connectivity index (χ1) is 11.1. The molecule has 0 unspecified atom stereocenters. The number of nitro groups is 1. The first-order valence-corrected chi connectivity index (χ1v) is 7.99. The fourth-order valence-electron chi connectivity index (χ4n) is 3.09. The van der Waals surface area contributed by atoms with Crippen molar-refractivity contribution in [2.24, 2.45) is 17.3 Å². The Morgan fingerprint density at radius 2 is 1.96 bits per heavy atom. The van der Waals surface area contributed by atoms with E-state index in [1.165, 1.54) is 29.8 Å². The van der Waals surface area contributed by atoms with E-state index < -0.39 is 11.0 Å². The first-order valence-electron chi connectivity index (χ1n) is 7.99. The van der Waals surface area contributed by atoms with Gasteiger partial charge < -0.3 is 10.4 Å². The van der Waals surface area contributed by atoms with Crippen LogP contribution < -0.4 is 5.32 Å². The molecular formula is C18H24N2O4. The van der Waals surface area contributed by atoms with E-state index in [0.717, 1.165) is 0 Å². The highest BCUT2D eigenvalue weighted by atomic mass is 16.6. The van der Waals surface area contributed by atoms with Crippen LogP contribution >= 0.6 is 0 Å². The van der Waals surface area contributed by atoms with Gasteiger partial charge in [-0.3, -0.25) is 14.9 Å². The van der Waals surface area contributed by atoms with Crippen LogP contribution in [0, 0.1) is 27.4 Å². The van der Waals surface area contributed by atoms with Crippen molar-refractivity contribution in [1.29, 1.82) is 0 Å². The number of hydrogen-bond donors (Lipinski definition) is 2. The van der Waals surface area contributed by atoms with Crippen LogP contribution in [0.15, 0.2) is 35.9 Å². The SMILES string of the molecule is CC(C)=C[C@@H]1[C@H](C(=O)NC[C@@H](O)c2ccc([N+](=O)[O-])cc2)C1(C)C. The van der Waals surface area contributed by atoms with Gasteiger partial charge >= 0.3 is 0 Å². The summed E-state index contributed by atoms with van der Waals surface area (Å²) in [6.45, 7) is 8.25. The predicted octanol–water partition coefficient (Wildman–Crippen LogP) is 2.98. The monoisotopic (exact) mass is 332 g/mol. The Balaban J connectivity index is 1.92. The van der Waals surface area contributed by atoms with Crippen molar-refractivity contribution in [2.45, 2.75) is 33.8 Å².